The fourth-order valence-corrected chi connectivity index (χ4v) is 2.01. The van der Waals surface area contributed by atoms with E-state index >= 15 is 0 Å². The summed E-state index contributed by atoms with van der Waals surface area (Å²) in [6, 6.07) is 10.0. The lowest BCUT2D eigenvalue weighted by Crippen LogP contribution is -1.83. The summed E-state index contributed by atoms with van der Waals surface area (Å²) in [5.74, 6) is 0.733. The van der Waals surface area contributed by atoms with Crippen LogP contribution < -0.4 is 0 Å². The van der Waals surface area contributed by atoms with Crippen LogP contribution in [0.2, 0.25) is 0 Å². The van der Waals surface area contributed by atoms with Gasteiger partial charge in [0.15, 0.2) is 0 Å². The standard InChI is InChI=1S/C13H10N4/c1-8-7-15-13(16-8)12-9-4-2-3-5-10(9)17-11(12)6-14/h2-5,7,17H,1H3,(H,15,16). The van der Waals surface area contributed by atoms with Crippen LogP contribution >= 0.6 is 0 Å². The lowest BCUT2D eigenvalue weighted by atomic mass is 10.1. The third-order valence-electron chi connectivity index (χ3n) is 2.76. The SMILES string of the molecule is Cc1cnc(-c2c(C#N)[nH]c3ccccc23)[nH]1. The molecule has 0 unspecified atom stereocenters. The molecule has 0 spiro atoms. The van der Waals surface area contributed by atoms with Gasteiger partial charge in [0.25, 0.3) is 0 Å². The molecule has 82 valence electrons. The first-order chi connectivity index (χ1) is 8.29. The molecule has 3 rings (SSSR count). The molecule has 17 heavy (non-hydrogen) atoms. The monoisotopic (exact) mass is 222 g/mol. The smallest absolute Gasteiger partial charge is 0.141 e. The number of rotatable bonds is 1. The van der Waals surface area contributed by atoms with Gasteiger partial charge in [-0.3, -0.25) is 0 Å². The first kappa shape index (κ1) is 9.67. The van der Waals surface area contributed by atoms with Crippen molar-refractivity contribution in [1.29, 1.82) is 5.26 Å². The van der Waals surface area contributed by atoms with E-state index in [-0.39, 0.29) is 0 Å². The fourth-order valence-electron chi connectivity index (χ4n) is 2.01. The van der Waals surface area contributed by atoms with Gasteiger partial charge in [-0.1, -0.05) is 18.2 Å². The van der Waals surface area contributed by atoms with Gasteiger partial charge in [0.2, 0.25) is 0 Å². The van der Waals surface area contributed by atoms with Gasteiger partial charge in [-0.2, -0.15) is 5.26 Å². The van der Waals surface area contributed by atoms with Crippen LogP contribution in [0.5, 0.6) is 0 Å². The average molecular weight is 222 g/mol. The Labute approximate surface area is 97.9 Å². The summed E-state index contributed by atoms with van der Waals surface area (Å²) in [5.41, 5.74) is 3.32. The Morgan fingerprint density at radius 2 is 2.06 bits per heavy atom. The summed E-state index contributed by atoms with van der Waals surface area (Å²) in [5, 5.41) is 10.2. The highest BCUT2D eigenvalue weighted by Gasteiger charge is 2.14. The molecule has 4 heteroatoms. The lowest BCUT2D eigenvalue weighted by Gasteiger charge is -1.95. The summed E-state index contributed by atoms with van der Waals surface area (Å²) in [6.45, 7) is 1.94. The Bertz CT molecular complexity index is 727. The molecule has 0 radical (unpaired) electrons. The van der Waals surface area contributed by atoms with E-state index < -0.39 is 0 Å². The quantitative estimate of drug-likeness (QED) is 0.664. The zero-order valence-electron chi connectivity index (χ0n) is 9.28. The Morgan fingerprint density at radius 1 is 1.24 bits per heavy atom. The summed E-state index contributed by atoms with van der Waals surface area (Å²) in [4.78, 5) is 10.6. The lowest BCUT2D eigenvalue weighted by molar-refractivity contribution is 1.25. The van der Waals surface area contributed by atoms with Crippen LogP contribution in [-0.2, 0) is 0 Å². The van der Waals surface area contributed by atoms with Crippen LogP contribution in [0, 0.1) is 18.3 Å². The van der Waals surface area contributed by atoms with Gasteiger partial charge in [0.05, 0.1) is 5.56 Å². The van der Waals surface area contributed by atoms with Gasteiger partial charge >= 0.3 is 0 Å². The number of aryl methyl sites for hydroxylation is 1. The minimum Gasteiger partial charge on any atom is -0.346 e. The van der Waals surface area contributed by atoms with Crippen molar-refractivity contribution < 1.29 is 0 Å². The molecule has 0 atom stereocenters. The van der Waals surface area contributed by atoms with Crippen molar-refractivity contribution in [3.63, 3.8) is 0 Å². The summed E-state index contributed by atoms with van der Waals surface area (Å²) in [6.07, 6.45) is 1.76. The second-order valence-corrected chi connectivity index (χ2v) is 3.95. The van der Waals surface area contributed by atoms with E-state index in [9.17, 15) is 0 Å². The second-order valence-electron chi connectivity index (χ2n) is 3.95. The number of benzene rings is 1. The Morgan fingerprint density at radius 3 is 2.76 bits per heavy atom. The number of para-hydroxylation sites is 1. The number of aromatic amines is 2. The third-order valence-corrected chi connectivity index (χ3v) is 2.76. The Kier molecular flexibility index (Phi) is 1.99. The maximum Gasteiger partial charge on any atom is 0.141 e. The molecule has 0 aliphatic rings. The number of hydrogen-bond donors (Lipinski definition) is 2. The van der Waals surface area contributed by atoms with Crippen molar-refractivity contribution >= 4 is 10.9 Å². The number of nitriles is 1. The number of nitrogens with zero attached hydrogens (tertiary/aromatic N) is 2. The number of imidazole rings is 1. The van der Waals surface area contributed by atoms with Crippen LogP contribution in [0.25, 0.3) is 22.3 Å². The molecule has 0 fully saturated rings. The van der Waals surface area contributed by atoms with Crippen LogP contribution in [0.4, 0.5) is 0 Å². The van der Waals surface area contributed by atoms with Crippen molar-refractivity contribution in [3.05, 3.63) is 41.9 Å². The van der Waals surface area contributed by atoms with E-state index in [4.69, 9.17) is 5.26 Å². The highest BCUT2D eigenvalue weighted by Crippen LogP contribution is 2.29. The van der Waals surface area contributed by atoms with Gasteiger partial charge in [-0.15, -0.1) is 0 Å². The van der Waals surface area contributed by atoms with Crippen molar-refractivity contribution in [3.8, 4) is 17.5 Å². The van der Waals surface area contributed by atoms with E-state index in [0.717, 1.165) is 28.0 Å². The molecule has 0 amide bonds. The second kappa shape index (κ2) is 3.49. The Balaban J connectivity index is 2.38. The number of H-pyrrole nitrogens is 2. The van der Waals surface area contributed by atoms with Crippen LogP contribution in [0.1, 0.15) is 11.4 Å². The first-order valence-electron chi connectivity index (χ1n) is 5.32. The number of nitrogens with one attached hydrogen (secondary N) is 2. The molecule has 2 heterocycles. The first-order valence-corrected chi connectivity index (χ1v) is 5.32. The minimum atomic E-state index is 0.542. The van der Waals surface area contributed by atoms with Crippen molar-refractivity contribution in [1.82, 2.24) is 15.0 Å². The molecule has 0 aliphatic heterocycles. The number of fused-ring (bicyclic) bond motifs is 1. The number of aromatic nitrogens is 3. The van der Waals surface area contributed by atoms with E-state index in [2.05, 4.69) is 21.0 Å². The van der Waals surface area contributed by atoms with Crippen LogP contribution in [0.3, 0.4) is 0 Å². The zero-order valence-corrected chi connectivity index (χ0v) is 9.28. The molecule has 2 N–H and O–H groups in total. The van der Waals surface area contributed by atoms with Gasteiger partial charge in [-0.25, -0.2) is 4.98 Å². The molecule has 0 aliphatic carbocycles. The summed E-state index contributed by atoms with van der Waals surface area (Å²) in [7, 11) is 0. The van der Waals surface area contributed by atoms with Gasteiger partial charge in [0, 0.05) is 22.8 Å². The minimum absolute atomic E-state index is 0.542. The molecule has 1 aromatic carbocycles. The molecular weight excluding hydrogens is 212 g/mol. The van der Waals surface area contributed by atoms with Crippen molar-refractivity contribution in [2.24, 2.45) is 0 Å². The number of hydrogen-bond acceptors (Lipinski definition) is 2. The molecule has 0 bridgehead atoms. The predicted molar refractivity (Wildman–Crippen MR) is 65.3 cm³/mol. The molecule has 2 aromatic heterocycles. The maximum atomic E-state index is 9.16. The van der Waals surface area contributed by atoms with Gasteiger partial charge in [-0.05, 0) is 13.0 Å². The predicted octanol–water partition coefficient (Wildman–Crippen LogP) is 2.74. The van der Waals surface area contributed by atoms with Crippen LogP contribution in [0.15, 0.2) is 30.5 Å². The maximum absolute atomic E-state index is 9.16. The largest absolute Gasteiger partial charge is 0.346 e. The van der Waals surface area contributed by atoms with Gasteiger partial charge in [0.1, 0.15) is 17.6 Å². The molecule has 4 nitrogen and oxygen atoms in total. The topological polar surface area (TPSA) is 68.3 Å². The molecule has 0 saturated carbocycles. The van der Waals surface area contributed by atoms with Crippen molar-refractivity contribution in [2.75, 3.05) is 0 Å². The highest BCUT2D eigenvalue weighted by molar-refractivity contribution is 5.96. The average Bonchev–Trinajstić information content (AvgIpc) is 2.91. The zero-order chi connectivity index (χ0) is 11.8. The van der Waals surface area contributed by atoms with Crippen LogP contribution in [-0.4, -0.2) is 15.0 Å². The summed E-state index contributed by atoms with van der Waals surface area (Å²) < 4.78 is 0. The van der Waals surface area contributed by atoms with E-state index in [0.29, 0.717) is 5.69 Å². The van der Waals surface area contributed by atoms with Crippen molar-refractivity contribution in [2.45, 2.75) is 6.92 Å². The van der Waals surface area contributed by atoms with Gasteiger partial charge < -0.3 is 9.97 Å². The Hall–Kier alpha value is -2.54. The third kappa shape index (κ3) is 1.41. The van der Waals surface area contributed by atoms with E-state index in [1.54, 1.807) is 6.20 Å². The van der Waals surface area contributed by atoms with E-state index in [1.807, 2.05) is 31.2 Å². The summed E-state index contributed by atoms with van der Waals surface area (Å²) >= 11 is 0. The fraction of sp³-hybridized carbons (Fsp3) is 0.0769. The normalized spacial score (nSPS) is 10.6. The molecular formula is C13H10N4. The molecule has 3 aromatic rings. The van der Waals surface area contributed by atoms with E-state index in [1.165, 1.54) is 0 Å². The molecule has 0 saturated heterocycles. The highest BCUT2D eigenvalue weighted by atomic mass is 14.9.